The summed E-state index contributed by atoms with van der Waals surface area (Å²) in [6.07, 6.45) is 0. The minimum Gasteiger partial charge on any atom is -0.349 e. The molecule has 3 aromatic rings. The SMILES string of the molecule is Cc1ccc(Nc2c#cc3ccccc3c2)cc1. The molecule has 0 bridgehead atoms. The summed E-state index contributed by atoms with van der Waals surface area (Å²) in [6, 6.07) is 24.9. The predicted molar refractivity (Wildman–Crippen MR) is 76.1 cm³/mol. The highest BCUT2D eigenvalue weighted by Crippen LogP contribution is 2.19. The molecule has 1 heteroatoms. The van der Waals surface area contributed by atoms with Crippen LogP contribution in [0.3, 0.4) is 0 Å². The molecule has 1 nitrogen and oxygen atoms in total. The zero-order chi connectivity index (χ0) is 12.4. The van der Waals surface area contributed by atoms with Crippen LogP contribution in [-0.4, -0.2) is 0 Å². The molecule has 0 aliphatic carbocycles. The Bertz CT molecular complexity index is 669. The summed E-state index contributed by atoms with van der Waals surface area (Å²) >= 11 is 0. The molecular formula is C17H13N. The lowest BCUT2D eigenvalue weighted by atomic mass is 10.1. The van der Waals surface area contributed by atoms with Gasteiger partial charge in [-0.3, -0.25) is 0 Å². The second kappa shape index (κ2) is 4.43. The van der Waals surface area contributed by atoms with Crippen molar-refractivity contribution < 1.29 is 0 Å². The minimum atomic E-state index is 0.942. The van der Waals surface area contributed by atoms with Gasteiger partial charge in [0.2, 0.25) is 0 Å². The molecule has 0 unspecified atom stereocenters. The van der Waals surface area contributed by atoms with Crippen LogP contribution in [0.2, 0.25) is 0 Å². The van der Waals surface area contributed by atoms with E-state index in [0.717, 1.165) is 16.8 Å². The monoisotopic (exact) mass is 231 g/mol. The largest absolute Gasteiger partial charge is 0.349 e. The predicted octanol–water partition coefficient (Wildman–Crippen LogP) is 4.49. The fourth-order valence-electron chi connectivity index (χ4n) is 1.92. The zero-order valence-electron chi connectivity index (χ0n) is 10.2. The van der Waals surface area contributed by atoms with E-state index in [1.165, 1.54) is 10.9 Å². The van der Waals surface area contributed by atoms with Gasteiger partial charge in [0.15, 0.2) is 0 Å². The van der Waals surface area contributed by atoms with E-state index in [-0.39, 0.29) is 0 Å². The van der Waals surface area contributed by atoms with Crippen molar-refractivity contribution in [2.45, 2.75) is 6.92 Å². The Kier molecular flexibility index (Phi) is 2.63. The highest BCUT2D eigenvalue weighted by molar-refractivity contribution is 5.84. The van der Waals surface area contributed by atoms with Gasteiger partial charge < -0.3 is 5.32 Å². The molecule has 3 aromatic carbocycles. The average molecular weight is 231 g/mol. The van der Waals surface area contributed by atoms with Crippen LogP contribution in [0.4, 0.5) is 11.4 Å². The third kappa shape index (κ3) is 2.14. The Balaban J connectivity index is 1.92. The average Bonchev–Trinajstić information content (AvgIpc) is 2.41. The first-order valence-corrected chi connectivity index (χ1v) is 5.98. The molecule has 3 rings (SSSR count). The summed E-state index contributed by atoms with van der Waals surface area (Å²) in [7, 11) is 0. The molecule has 0 aliphatic rings. The van der Waals surface area contributed by atoms with E-state index in [1.807, 2.05) is 18.2 Å². The summed E-state index contributed by atoms with van der Waals surface area (Å²) in [6.45, 7) is 2.08. The van der Waals surface area contributed by atoms with Gasteiger partial charge >= 0.3 is 0 Å². The van der Waals surface area contributed by atoms with Gasteiger partial charge in [-0.1, -0.05) is 42.0 Å². The van der Waals surface area contributed by atoms with Gasteiger partial charge in [0.1, 0.15) is 0 Å². The van der Waals surface area contributed by atoms with Crippen LogP contribution < -0.4 is 5.32 Å². The number of aryl methyl sites for hydroxylation is 1. The van der Waals surface area contributed by atoms with E-state index in [0.29, 0.717) is 0 Å². The lowest BCUT2D eigenvalue weighted by Gasteiger charge is -2.05. The third-order valence-electron chi connectivity index (χ3n) is 2.92. The topological polar surface area (TPSA) is 12.0 Å². The third-order valence-corrected chi connectivity index (χ3v) is 2.92. The van der Waals surface area contributed by atoms with Crippen molar-refractivity contribution >= 4 is 22.1 Å². The molecule has 0 saturated heterocycles. The molecule has 0 spiro atoms. The second-order valence-electron chi connectivity index (χ2n) is 4.39. The van der Waals surface area contributed by atoms with E-state index < -0.39 is 0 Å². The Morgan fingerprint density at radius 2 is 1.67 bits per heavy atom. The maximum Gasteiger partial charge on any atom is 0.0907 e. The van der Waals surface area contributed by atoms with E-state index in [4.69, 9.17) is 0 Å². The molecule has 0 radical (unpaired) electrons. The van der Waals surface area contributed by atoms with Crippen LogP contribution in [0.1, 0.15) is 5.56 Å². The lowest BCUT2D eigenvalue weighted by Crippen LogP contribution is -1.89. The molecule has 0 atom stereocenters. The van der Waals surface area contributed by atoms with Crippen molar-refractivity contribution in [2.24, 2.45) is 0 Å². The van der Waals surface area contributed by atoms with Gasteiger partial charge in [-0.15, -0.1) is 0 Å². The molecule has 86 valence electrons. The molecule has 0 amide bonds. The highest BCUT2D eigenvalue weighted by atomic mass is 14.9. The van der Waals surface area contributed by atoms with Crippen molar-refractivity contribution in [1.82, 2.24) is 0 Å². The number of nitrogens with one attached hydrogen (secondary N) is 1. The highest BCUT2D eigenvalue weighted by Gasteiger charge is 1.96. The number of fused-ring (bicyclic) bond motifs is 1. The molecule has 0 heterocycles. The van der Waals surface area contributed by atoms with Crippen LogP contribution in [0.15, 0.2) is 54.6 Å². The minimum absolute atomic E-state index is 0.942. The van der Waals surface area contributed by atoms with E-state index >= 15 is 0 Å². The maximum absolute atomic E-state index is 3.34. The van der Waals surface area contributed by atoms with Crippen molar-refractivity contribution in [3.05, 3.63) is 72.3 Å². The number of rotatable bonds is 2. The van der Waals surface area contributed by atoms with Crippen LogP contribution >= 0.6 is 0 Å². The van der Waals surface area contributed by atoms with Gasteiger partial charge in [-0.05, 0) is 42.6 Å². The fraction of sp³-hybridized carbons (Fsp3) is 0.0588. The van der Waals surface area contributed by atoms with Gasteiger partial charge in [0.05, 0.1) is 5.69 Å². The number of hydrogen-bond donors (Lipinski definition) is 1. The zero-order valence-corrected chi connectivity index (χ0v) is 10.2. The molecular weight excluding hydrogens is 218 g/mol. The van der Waals surface area contributed by atoms with Crippen molar-refractivity contribution in [3.8, 4) is 0 Å². The summed E-state index contributed by atoms with van der Waals surface area (Å²) in [5, 5.41) is 5.60. The number of anilines is 2. The van der Waals surface area contributed by atoms with Crippen molar-refractivity contribution in [2.75, 3.05) is 5.32 Å². The molecule has 0 fully saturated rings. The van der Waals surface area contributed by atoms with E-state index in [9.17, 15) is 0 Å². The Hall–Kier alpha value is -2.46. The normalized spacial score (nSPS) is 10.1. The van der Waals surface area contributed by atoms with Gasteiger partial charge in [0, 0.05) is 11.1 Å². The standard InChI is InChI=1S/C17H13N/c1-13-6-9-16(10-7-13)18-17-11-8-14-4-2-3-5-15(14)12-17/h2-7,9-10,12,18H,1H3. The summed E-state index contributed by atoms with van der Waals surface area (Å²) in [5.41, 5.74) is 3.27. The Morgan fingerprint density at radius 1 is 0.889 bits per heavy atom. The van der Waals surface area contributed by atoms with Gasteiger partial charge in [-0.25, -0.2) is 0 Å². The first-order valence-electron chi connectivity index (χ1n) is 5.98. The smallest absolute Gasteiger partial charge is 0.0907 e. The molecule has 0 aromatic heterocycles. The fourth-order valence-corrected chi connectivity index (χ4v) is 1.92. The Labute approximate surface area is 107 Å². The number of benzene rings is 2. The van der Waals surface area contributed by atoms with Crippen LogP contribution in [0.25, 0.3) is 10.8 Å². The molecule has 0 saturated carbocycles. The second-order valence-corrected chi connectivity index (χ2v) is 4.39. The molecule has 18 heavy (non-hydrogen) atoms. The van der Waals surface area contributed by atoms with E-state index in [1.54, 1.807) is 0 Å². The van der Waals surface area contributed by atoms with E-state index in [2.05, 4.69) is 60.8 Å². The molecule has 0 aliphatic heterocycles. The Morgan fingerprint density at radius 3 is 2.50 bits per heavy atom. The maximum atomic E-state index is 3.34. The summed E-state index contributed by atoms with van der Waals surface area (Å²) < 4.78 is 0. The summed E-state index contributed by atoms with van der Waals surface area (Å²) in [5.74, 6) is 0. The van der Waals surface area contributed by atoms with Crippen LogP contribution in [-0.2, 0) is 0 Å². The van der Waals surface area contributed by atoms with Crippen LogP contribution in [0.5, 0.6) is 0 Å². The van der Waals surface area contributed by atoms with Crippen LogP contribution in [0, 0.1) is 19.1 Å². The molecule has 1 N–H and O–H groups in total. The first-order chi connectivity index (χ1) is 8.81. The van der Waals surface area contributed by atoms with Crippen molar-refractivity contribution in [1.29, 1.82) is 0 Å². The first kappa shape index (κ1) is 10.7. The quantitative estimate of drug-likeness (QED) is 0.685. The van der Waals surface area contributed by atoms with Gasteiger partial charge in [-0.2, -0.15) is 0 Å². The lowest BCUT2D eigenvalue weighted by molar-refractivity contribution is 1.46. The number of hydrogen-bond acceptors (Lipinski definition) is 1. The van der Waals surface area contributed by atoms with Crippen molar-refractivity contribution in [3.63, 3.8) is 0 Å². The van der Waals surface area contributed by atoms with Gasteiger partial charge in [0.25, 0.3) is 0 Å². The summed E-state index contributed by atoms with van der Waals surface area (Å²) in [4.78, 5) is 0.